The van der Waals surface area contributed by atoms with E-state index in [1.807, 2.05) is 4.57 Å². The minimum Gasteiger partial charge on any atom is -0.481 e. The maximum Gasteiger partial charge on any atom is 0.310 e. The molecule has 3 heterocycles. The second-order valence-electron chi connectivity index (χ2n) is 41.9. The number of esters is 2. The smallest absolute Gasteiger partial charge is 0.310 e. The van der Waals surface area contributed by atoms with Crippen LogP contribution in [0.15, 0.2) is 58.8 Å². The van der Waals surface area contributed by atoms with E-state index >= 15 is 0 Å². The van der Waals surface area contributed by atoms with Gasteiger partial charge >= 0.3 is 23.9 Å². The summed E-state index contributed by atoms with van der Waals surface area (Å²) in [6, 6.07) is 13.1. The third-order valence-electron chi connectivity index (χ3n) is 34.5. The molecule has 0 radical (unpaired) electrons. The number of carboxylic acid groups (broad SMARTS) is 2. The van der Waals surface area contributed by atoms with E-state index < -0.39 is 69.6 Å². The van der Waals surface area contributed by atoms with E-state index in [-0.39, 0.29) is 135 Å². The molecule has 1 aromatic carbocycles. The van der Waals surface area contributed by atoms with Crippen molar-refractivity contribution in [2.75, 3.05) is 13.1 Å². The van der Waals surface area contributed by atoms with E-state index in [1.165, 1.54) is 5.57 Å². The molecule has 22 heteroatoms. The third-order valence-corrected chi connectivity index (χ3v) is 34.5. The number of nitrogens with two attached hydrogens (primary N) is 2. The van der Waals surface area contributed by atoms with Gasteiger partial charge in [0.2, 0.25) is 0 Å². The Morgan fingerprint density at radius 3 is 1.66 bits per heavy atom. The van der Waals surface area contributed by atoms with Gasteiger partial charge in [0.1, 0.15) is 35.9 Å². The number of allylic oxidation sites excluding steroid dienone is 3. The molecular formula is C93H127N11O11. The van der Waals surface area contributed by atoms with Crippen LogP contribution < -0.4 is 11.5 Å². The van der Waals surface area contributed by atoms with Crippen molar-refractivity contribution in [2.45, 2.75) is 290 Å². The van der Waals surface area contributed by atoms with Crippen LogP contribution in [0, 0.1) is 135 Å². The second-order valence-corrected chi connectivity index (χ2v) is 41.9. The molecule has 3 aromatic heterocycles. The van der Waals surface area contributed by atoms with Crippen LogP contribution >= 0.6 is 0 Å². The first-order valence-corrected chi connectivity index (χ1v) is 43.2. The number of aliphatic hydroxyl groups is 1. The van der Waals surface area contributed by atoms with Crippen molar-refractivity contribution in [2.24, 2.45) is 124 Å². The van der Waals surface area contributed by atoms with Crippen molar-refractivity contribution in [1.82, 2.24) is 34.5 Å². The predicted molar refractivity (Wildman–Crippen MR) is 434 cm³/mol. The monoisotopic (exact) mass is 1570 g/mol. The van der Waals surface area contributed by atoms with Gasteiger partial charge in [-0.05, 0) is 262 Å². The molecule has 620 valence electrons. The summed E-state index contributed by atoms with van der Waals surface area (Å²) in [5.41, 5.74) is 13.1. The normalized spacial score (nSPS) is 35.2. The maximum atomic E-state index is 15.0. The Morgan fingerprint density at radius 1 is 0.591 bits per heavy atom. The number of ketones is 2. The zero-order valence-corrected chi connectivity index (χ0v) is 71.5. The Balaban J connectivity index is 0.677. The van der Waals surface area contributed by atoms with Crippen LogP contribution in [0.5, 0.6) is 0 Å². The number of carbonyl (C=O) groups excluding carboxylic acids is 4. The lowest BCUT2D eigenvalue weighted by atomic mass is 9.33. The average molecular weight is 1580 g/mol. The molecule has 10 aliphatic rings. The van der Waals surface area contributed by atoms with Gasteiger partial charge in [-0.25, -0.2) is 0 Å². The fourth-order valence-electron chi connectivity index (χ4n) is 28.3. The van der Waals surface area contributed by atoms with Gasteiger partial charge in [0.15, 0.2) is 29.0 Å². The van der Waals surface area contributed by atoms with Gasteiger partial charge in [-0.1, -0.05) is 103 Å². The van der Waals surface area contributed by atoms with Gasteiger partial charge < -0.3 is 45.4 Å². The van der Waals surface area contributed by atoms with E-state index in [0.717, 1.165) is 106 Å². The summed E-state index contributed by atoms with van der Waals surface area (Å²) in [5.74, 6) is 0.168. The number of nitrogens with zero attached hydrogens (tertiary/aromatic N) is 9. The molecule has 0 saturated heterocycles. The molecule has 14 rings (SSSR count). The summed E-state index contributed by atoms with van der Waals surface area (Å²) in [6.45, 7) is 38.3. The number of benzene rings is 1. The minimum atomic E-state index is -1.72. The quantitative estimate of drug-likeness (QED) is 0.0456. The van der Waals surface area contributed by atoms with Crippen LogP contribution in [0.3, 0.4) is 0 Å². The fourth-order valence-corrected chi connectivity index (χ4v) is 28.3. The first kappa shape index (κ1) is 83.7. The third kappa shape index (κ3) is 12.7. The van der Waals surface area contributed by atoms with Crippen LogP contribution in [-0.2, 0) is 64.2 Å². The molecule has 4 aromatic rings. The van der Waals surface area contributed by atoms with E-state index in [4.69, 9.17) is 36.2 Å². The number of fused-ring (bicyclic) bond motifs is 14. The highest BCUT2D eigenvalue weighted by molar-refractivity contribution is 6.01. The van der Waals surface area contributed by atoms with Crippen LogP contribution in [0.25, 0.3) is 22.9 Å². The van der Waals surface area contributed by atoms with Crippen LogP contribution in [0.2, 0.25) is 0 Å². The number of carboxylic acids is 2. The number of hydrogen-bond donors (Lipinski definition) is 5. The minimum absolute atomic E-state index is 0.0158. The summed E-state index contributed by atoms with van der Waals surface area (Å²) in [4.78, 5) is 88.4. The van der Waals surface area contributed by atoms with E-state index in [2.05, 4.69) is 124 Å². The van der Waals surface area contributed by atoms with Crippen LogP contribution in [0.1, 0.15) is 281 Å². The fraction of sp³-hybridized carbons (Fsp3) is 0.710. The van der Waals surface area contributed by atoms with Crippen molar-refractivity contribution in [3.63, 3.8) is 0 Å². The molecule has 0 amide bonds. The van der Waals surface area contributed by atoms with Crippen molar-refractivity contribution in [1.29, 1.82) is 10.5 Å². The molecule has 10 aliphatic carbocycles. The van der Waals surface area contributed by atoms with Gasteiger partial charge in [-0.3, -0.25) is 33.8 Å². The Bertz CT molecular complexity index is 4760. The summed E-state index contributed by atoms with van der Waals surface area (Å²) in [6.07, 6.45) is 13.3. The Hall–Kier alpha value is -7.79. The van der Waals surface area contributed by atoms with Crippen molar-refractivity contribution >= 4 is 35.4 Å². The lowest BCUT2D eigenvalue weighted by Crippen LogP contribution is -2.66. The highest BCUT2D eigenvalue weighted by atomic mass is 16.5. The Morgan fingerprint density at radius 2 is 1.13 bits per heavy atom. The summed E-state index contributed by atoms with van der Waals surface area (Å²) in [5, 5.41) is 74.1. The largest absolute Gasteiger partial charge is 0.481 e. The van der Waals surface area contributed by atoms with Crippen LogP contribution in [0.4, 0.5) is 0 Å². The molecule has 0 spiro atoms. The standard InChI is InChI=1S/C93H127N11O11/c1-52(2)72-61(105)44-92(46-69-99-101-78(103(69)40-38-94)60-23-18-54(49-96)51-98-60)36-34-88(14)58(74(72)92)21-24-65-86(12)31-29-68(84(9,10)64(86)26-32-90(65,88)16)115-71(108)48-85(11,81(112)113)43-57-42-55(19-20-56(57)50-97)77-100-102-79(104(77)41-39-95)76(109)93-37-35-89(15)59(75(93)73(53(3)4)62(106)45-93)22-25-66-87(13)30-28-67(114-70(107)47-82(5,6)80(110)111)83(7,8)63(87)27-33-91(66,89)17/h18-20,23,42,51-53,58-59,63-68,76,109H,21-22,24-41,43-48,94-95H2,1-17H3,(H,110,111)(H,112,113)/t58-,59-,63?,64?,65?,66?,67+,68+,76?,85?,86+,87+,88-,89-,90-,91-,92+,93-/m1/s1. The molecule has 0 bridgehead atoms. The molecule has 7 N–H and O–H groups in total. The Labute approximate surface area is 680 Å². The van der Waals surface area contributed by atoms with Crippen molar-refractivity contribution in [3.05, 3.63) is 87.2 Å². The zero-order chi connectivity index (χ0) is 83.5. The molecule has 18 atom stereocenters. The van der Waals surface area contributed by atoms with Gasteiger partial charge in [-0.15, -0.1) is 20.4 Å². The molecule has 6 unspecified atom stereocenters. The molecule has 0 aliphatic heterocycles. The van der Waals surface area contributed by atoms with Gasteiger partial charge in [-0.2, -0.15) is 10.5 Å². The average Bonchev–Trinajstić information content (AvgIpc) is 1.65. The second kappa shape index (κ2) is 29.0. The molecule has 22 nitrogen and oxygen atoms in total. The van der Waals surface area contributed by atoms with E-state index in [1.54, 1.807) is 57.3 Å². The number of carbonyl (C=O) groups is 6. The molecule has 8 saturated carbocycles. The molecule has 115 heavy (non-hydrogen) atoms. The van der Waals surface area contributed by atoms with Crippen LogP contribution in [-0.4, -0.2) is 111 Å². The molecule has 8 fully saturated rings. The number of pyridine rings is 1. The number of hydrogen-bond acceptors (Lipinski definition) is 18. The SMILES string of the molecule is CC(C)C1=C2[C@H]3CCC4[C@@]5(C)CC[C@H](OC(=O)CC(C)(Cc6cc(-c7nnc(C(O)[C@@]89CC[C@]%10(C)[C@H](CCC%11[C@@]%12(C)CC[C@H](OC(=O)CC(C)(C)C(=O)O)C(C)(C)C%12CC[C@]%11%10C)C8=C(C(C)C)C(=O)C9)n7CCN)ccc6C#N)C(=O)O)C(C)(C)C5CC[C@@]4(C)[C@]3(C)CC[C@@]2(Cc2nnc(-c3ccc(C#N)cn3)n2CCN)CC1=O. The lowest BCUT2D eigenvalue weighted by Gasteiger charge is -2.72. The lowest BCUT2D eigenvalue weighted by molar-refractivity contribution is -0.235. The Kier molecular flexibility index (Phi) is 21.1. The number of aromatic nitrogens is 7. The first-order valence-electron chi connectivity index (χ1n) is 43.2. The summed E-state index contributed by atoms with van der Waals surface area (Å²) < 4.78 is 16.8. The number of rotatable bonds is 22. The zero-order valence-electron chi connectivity index (χ0n) is 71.5. The van der Waals surface area contributed by atoms with Crippen molar-refractivity contribution in [3.8, 4) is 35.0 Å². The predicted octanol–water partition coefficient (Wildman–Crippen LogP) is 15.8. The van der Waals surface area contributed by atoms with Crippen molar-refractivity contribution < 1.29 is 53.6 Å². The van der Waals surface area contributed by atoms with Gasteiger partial charge in [0.25, 0.3) is 0 Å². The van der Waals surface area contributed by atoms with E-state index in [0.29, 0.717) is 91.1 Å². The highest BCUT2D eigenvalue weighted by Crippen LogP contribution is 2.80. The number of nitriles is 2. The summed E-state index contributed by atoms with van der Waals surface area (Å²) >= 11 is 0. The number of aliphatic hydroxyl groups excluding tert-OH is 1. The number of ether oxygens (including phenoxy) is 2. The number of aliphatic carboxylic acids is 2. The number of Topliss-reactive ketones (excluding diaryl/α,β-unsaturated/α-hetero) is 2. The van der Waals surface area contributed by atoms with E-state index in [9.17, 15) is 54.6 Å². The topological polar surface area (TPSA) is 355 Å². The van der Waals surface area contributed by atoms with Gasteiger partial charge in [0.05, 0.1) is 40.9 Å². The summed E-state index contributed by atoms with van der Waals surface area (Å²) in [7, 11) is 0. The maximum absolute atomic E-state index is 15.0. The molecular weight excluding hydrogens is 1450 g/mol. The first-order chi connectivity index (χ1) is 53.9. The van der Waals surface area contributed by atoms with Gasteiger partial charge in [0, 0.05) is 78.9 Å². The highest BCUT2D eigenvalue weighted by Gasteiger charge is 2.74.